The molecule has 4 rings (SSSR count). The van der Waals surface area contributed by atoms with E-state index >= 15 is 0 Å². The molecule has 0 radical (unpaired) electrons. The van der Waals surface area contributed by atoms with Crippen molar-refractivity contribution in [2.24, 2.45) is 0 Å². The zero-order valence-electron chi connectivity index (χ0n) is 15.3. The van der Waals surface area contributed by atoms with Crippen molar-refractivity contribution in [1.29, 1.82) is 0 Å². The van der Waals surface area contributed by atoms with Gasteiger partial charge in [0, 0.05) is 25.2 Å². The fraction of sp³-hybridized carbons (Fsp3) is 0.174. The number of benzene rings is 2. The first-order valence-corrected chi connectivity index (χ1v) is 9.16. The van der Waals surface area contributed by atoms with Crippen LogP contribution in [0.3, 0.4) is 0 Å². The lowest BCUT2D eigenvalue weighted by Gasteiger charge is -2.12. The molecular weight excluding hydrogens is 336 g/mol. The van der Waals surface area contributed by atoms with Crippen LogP contribution < -0.4 is 5.32 Å². The standard InChI is InChI=1S/C23H22N2O2/c1-17-7-5-6-10-19(17)16-25-20-12-14-27-22(20)15-21(25)23(26)24-13-11-18-8-3-2-4-9-18/h2-10,12,14-15H,11,13,16H2,1H3,(H,24,26). The number of rotatable bonds is 6. The Balaban J connectivity index is 1.55. The molecule has 4 heteroatoms. The van der Waals surface area contributed by atoms with E-state index in [0.717, 1.165) is 17.5 Å². The molecule has 0 atom stereocenters. The lowest BCUT2D eigenvalue weighted by molar-refractivity contribution is 0.0945. The second kappa shape index (κ2) is 7.54. The van der Waals surface area contributed by atoms with Crippen molar-refractivity contribution in [2.45, 2.75) is 19.9 Å². The lowest BCUT2D eigenvalue weighted by atomic mass is 10.1. The summed E-state index contributed by atoms with van der Waals surface area (Å²) in [4.78, 5) is 12.8. The molecule has 0 unspecified atom stereocenters. The van der Waals surface area contributed by atoms with Gasteiger partial charge in [0.15, 0.2) is 5.58 Å². The molecule has 2 aromatic heterocycles. The number of hydrogen-bond acceptors (Lipinski definition) is 2. The third-order valence-corrected chi connectivity index (χ3v) is 4.89. The number of carbonyl (C=O) groups is 1. The molecule has 0 spiro atoms. The van der Waals surface area contributed by atoms with Gasteiger partial charge in [0.2, 0.25) is 0 Å². The van der Waals surface area contributed by atoms with Gasteiger partial charge < -0.3 is 14.3 Å². The van der Waals surface area contributed by atoms with Crippen molar-refractivity contribution < 1.29 is 9.21 Å². The molecule has 0 bridgehead atoms. The molecule has 1 amide bonds. The second-order valence-corrected chi connectivity index (χ2v) is 6.70. The molecule has 27 heavy (non-hydrogen) atoms. The minimum absolute atomic E-state index is 0.0779. The van der Waals surface area contributed by atoms with Crippen LogP contribution in [0.1, 0.15) is 27.2 Å². The van der Waals surface area contributed by atoms with E-state index in [9.17, 15) is 4.79 Å². The number of nitrogens with zero attached hydrogens (tertiary/aromatic N) is 1. The van der Waals surface area contributed by atoms with Crippen molar-refractivity contribution in [3.8, 4) is 0 Å². The van der Waals surface area contributed by atoms with Crippen LogP contribution in [0.2, 0.25) is 0 Å². The summed E-state index contributed by atoms with van der Waals surface area (Å²) in [5, 5.41) is 3.04. The SMILES string of the molecule is Cc1ccccc1Cn1c(C(=O)NCCc2ccccc2)cc2occc21. The smallest absolute Gasteiger partial charge is 0.268 e. The fourth-order valence-electron chi connectivity index (χ4n) is 3.35. The van der Waals surface area contributed by atoms with Crippen LogP contribution in [0, 0.1) is 6.92 Å². The summed E-state index contributed by atoms with van der Waals surface area (Å²) >= 11 is 0. The van der Waals surface area contributed by atoms with E-state index in [1.165, 1.54) is 16.7 Å². The maximum absolute atomic E-state index is 12.8. The zero-order valence-corrected chi connectivity index (χ0v) is 15.3. The summed E-state index contributed by atoms with van der Waals surface area (Å²) in [7, 11) is 0. The van der Waals surface area contributed by atoms with Crippen molar-refractivity contribution >= 4 is 17.0 Å². The molecule has 136 valence electrons. The molecule has 0 aliphatic carbocycles. The highest BCUT2D eigenvalue weighted by atomic mass is 16.3. The third kappa shape index (κ3) is 3.65. The predicted molar refractivity (Wildman–Crippen MR) is 107 cm³/mol. The Bertz CT molecular complexity index is 1060. The van der Waals surface area contributed by atoms with Crippen molar-refractivity contribution in [1.82, 2.24) is 9.88 Å². The summed E-state index contributed by atoms with van der Waals surface area (Å²) in [6, 6.07) is 22.1. The van der Waals surface area contributed by atoms with Crippen molar-refractivity contribution in [2.75, 3.05) is 6.54 Å². The Morgan fingerprint density at radius 3 is 2.63 bits per heavy atom. The summed E-state index contributed by atoms with van der Waals surface area (Å²) < 4.78 is 7.56. The second-order valence-electron chi connectivity index (χ2n) is 6.70. The third-order valence-electron chi connectivity index (χ3n) is 4.89. The molecule has 2 heterocycles. The van der Waals surface area contributed by atoms with Crippen molar-refractivity contribution in [3.63, 3.8) is 0 Å². The monoisotopic (exact) mass is 358 g/mol. The maximum Gasteiger partial charge on any atom is 0.268 e. The number of aromatic nitrogens is 1. The Labute approximate surface area is 158 Å². The van der Waals surface area contributed by atoms with Crippen LogP contribution in [-0.2, 0) is 13.0 Å². The van der Waals surface area contributed by atoms with E-state index in [1.807, 2.05) is 47.0 Å². The van der Waals surface area contributed by atoms with Crippen molar-refractivity contribution in [3.05, 3.63) is 95.4 Å². The molecule has 0 saturated heterocycles. The molecule has 2 aromatic carbocycles. The van der Waals surface area contributed by atoms with E-state index in [1.54, 1.807) is 6.26 Å². The molecular formula is C23H22N2O2. The fourth-order valence-corrected chi connectivity index (χ4v) is 3.35. The number of carbonyl (C=O) groups excluding carboxylic acids is 1. The number of amides is 1. The quantitative estimate of drug-likeness (QED) is 0.549. The van der Waals surface area contributed by atoms with E-state index < -0.39 is 0 Å². The lowest BCUT2D eigenvalue weighted by Crippen LogP contribution is -2.28. The molecule has 0 aliphatic rings. The van der Waals surface area contributed by atoms with Gasteiger partial charge in [-0.3, -0.25) is 4.79 Å². The van der Waals surface area contributed by atoms with Gasteiger partial charge in [-0.15, -0.1) is 0 Å². The van der Waals surface area contributed by atoms with Gasteiger partial charge in [0.05, 0.1) is 11.8 Å². The minimum atomic E-state index is -0.0779. The molecule has 0 fully saturated rings. The summed E-state index contributed by atoms with van der Waals surface area (Å²) in [6.07, 6.45) is 2.47. The number of aryl methyl sites for hydroxylation is 1. The van der Waals surface area contributed by atoms with E-state index in [4.69, 9.17) is 4.42 Å². The summed E-state index contributed by atoms with van der Waals surface area (Å²) in [5.74, 6) is -0.0779. The first kappa shape index (κ1) is 17.2. The first-order chi connectivity index (χ1) is 13.2. The number of hydrogen-bond donors (Lipinski definition) is 1. The Kier molecular flexibility index (Phi) is 4.79. The largest absolute Gasteiger partial charge is 0.463 e. The van der Waals surface area contributed by atoms with E-state index in [0.29, 0.717) is 18.8 Å². The van der Waals surface area contributed by atoms with Gasteiger partial charge in [-0.05, 0) is 30.0 Å². The van der Waals surface area contributed by atoms with Crippen LogP contribution in [0.4, 0.5) is 0 Å². The zero-order chi connectivity index (χ0) is 18.6. The van der Waals surface area contributed by atoms with E-state index in [2.05, 4.69) is 36.5 Å². The van der Waals surface area contributed by atoms with Gasteiger partial charge in [-0.1, -0.05) is 54.6 Å². The van der Waals surface area contributed by atoms with Crippen LogP contribution in [0.5, 0.6) is 0 Å². The average Bonchev–Trinajstić information content (AvgIpc) is 3.27. The maximum atomic E-state index is 12.8. The highest BCUT2D eigenvalue weighted by Crippen LogP contribution is 2.23. The van der Waals surface area contributed by atoms with Crippen LogP contribution in [-0.4, -0.2) is 17.0 Å². The van der Waals surface area contributed by atoms with Gasteiger partial charge in [0.25, 0.3) is 5.91 Å². The molecule has 4 aromatic rings. The minimum Gasteiger partial charge on any atom is -0.463 e. The van der Waals surface area contributed by atoms with Crippen LogP contribution in [0.15, 0.2) is 77.4 Å². The van der Waals surface area contributed by atoms with Gasteiger partial charge in [-0.25, -0.2) is 0 Å². The van der Waals surface area contributed by atoms with Gasteiger partial charge >= 0.3 is 0 Å². The number of fused-ring (bicyclic) bond motifs is 1. The Morgan fingerprint density at radius 2 is 1.81 bits per heavy atom. The number of furan rings is 1. The van der Waals surface area contributed by atoms with Gasteiger partial charge in [-0.2, -0.15) is 0 Å². The van der Waals surface area contributed by atoms with Crippen LogP contribution >= 0.6 is 0 Å². The molecule has 0 aliphatic heterocycles. The average molecular weight is 358 g/mol. The first-order valence-electron chi connectivity index (χ1n) is 9.16. The molecule has 0 saturated carbocycles. The Morgan fingerprint density at radius 1 is 1.04 bits per heavy atom. The van der Waals surface area contributed by atoms with Gasteiger partial charge in [0.1, 0.15) is 5.69 Å². The van der Waals surface area contributed by atoms with E-state index in [-0.39, 0.29) is 5.91 Å². The predicted octanol–water partition coefficient (Wildman–Crippen LogP) is 4.56. The summed E-state index contributed by atoms with van der Waals surface area (Å²) in [5.41, 5.74) is 5.90. The normalized spacial score (nSPS) is 11.0. The highest BCUT2D eigenvalue weighted by Gasteiger charge is 2.18. The summed E-state index contributed by atoms with van der Waals surface area (Å²) in [6.45, 7) is 3.32. The number of nitrogens with one attached hydrogen (secondary N) is 1. The topological polar surface area (TPSA) is 47.2 Å². The molecule has 1 N–H and O–H groups in total. The Hall–Kier alpha value is -3.27. The molecule has 4 nitrogen and oxygen atoms in total. The highest BCUT2D eigenvalue weighted by molar-refractivity contribution is 5.97. The van der Waals surface area contributed by atoms with Crippen LogP contribution in [0.25, 0.3) is 11.1 Å².